The number of nitrogens with two attached hydrogens (primary N) is 1. The number of halogens is 2. The average Bonchev–Trinajstić information content (AvgIpc) is 2.67. The Hall–Kier alpha value is -1.39. The Morgan fingerprint density at radius 1 is 1.44 bits per heavy atom. The third-order valence-electron chi connectivity index (χ3n) is 2.23. The molecule has 1 heterocycles. The topological polar surface area (TPSA) is 54.7 Å². The lowest BCUT2D eigenvalue weighted by Gasteiger charge is -2.00. The van der Waals surface area contributed by atoms with Crippen molar-refractivity contribution in [2.75, 3.05) is 6.54 Å². The summed E-state index contributed by atoms with van der Waals surface area (Å²) in [6.07, 6.45) is 2.35. The largest absolute Gasteiger partial charge is 0.342 e. The zero-order valence-electron chi connectivity index (χ0n) is 8.50. The molecular formula is C11H11ClFN3. The molecule has 0 fully saturated rings. The highest BCUT2D eigenvalue weighted by Crippen LogP contribution is 2.26. The van der Waals surface area contributed by atoms with Crippen molar-refractivity contribution in [1.82, 2.24) is 9.97 Å². The van der Waals surface area contributed by atoms with Gasteiger partial charge in [-0.3, -0.25) is 0 Å². The van der Waals surface area contributed by atoms with Crippen LogP contribution < -0.4 is 5.73 Å². The summed E-state index contributed by atoms with van der Waals surface area (Å²) in [7, 11) is 0. The van der Waals surface area contributed by atoms with Crippen LogP contribution in [-0.2, 0) is 6.42 Å². The molecule has 0 bridgehead atoms. The van der Waals surface area contributed by atoms with Crippen LogP contribution in [0.5, 0.6) is 0 Å². The van der Waals surface area contributed by atoms with E-state index < -0.39 is 0 Å². The fraction of sp³-hybridized carbons (Fsp3) is 0.182. The van der Waals surface area contributed by atoms with Gasteiger partial charge in [-0.05, 0) is 24.7 Å². The lowest BCUT2D eigenvalue weighted by molar-refractivity contribution is 0.628. The number of imidazole rings is 1. The summed E-state index contributed by atoms with van der Waals surface area (Å²) >= 11 is 5.94. The number of H-pyrrole nitrogens is 1. The molecule has 0 amide bonds. The number of aromatic nitrogens is 2. The van der Waals surface area contributed by atoms with Gasteiger partial charge in [-0.25, -0.2) is 9.37 Å². The lowest BCUT2D eigenvalue weighted by atomic mass is 10.2. The summed E-state index contributed by atoms with van der Waals surface area (Å²) < 4.78 is 12.9. The fourth-order valence-corrected chi connectivity index (χ4v) is 1.74. The molecule has 3 N–H and O–H groups in total. The van der Waals surface area contributed by atoms with Crippen LogP contribution in [0.2, 0.25) is 5.02 Å². The van der Waals surface area contributed by atoms with E-state index in [1.165, 1.54) is 12.1 Å². The van der Waals surface area contributed by atoms with Gasteiger partial charge in [-0.2, -0.15) is 0 Å². The molecule has 0 radical (unpaired) electrons. The summed E-state index contributed by atoms with van der Waals surface area (Å²) in [4.78, 5) is 7.25. The van der Waals surface area contributed by atoms with E-state index in [-0.39, 0.29) is 5.82 Å². The van der Waals surface area contributed by atoms with Crippen molar-refractivity contribution in [1.29, 1.82) is 0 Å². The van der Waals surface area contributed by atoms with Gasteiger partial charge in [0.2, 0.25) is 0 Å². The normalized spacial score (nSPS) is 10.7. The maximum Gasteiger partial charge on any atom is 0.124 e. The molecular weight excluding hydrogens is 229 g/mol. The second-order valence-electron chi connectivity index (χ2n) is 3.41. The minimum atomic E-state index is -0.351. The zero-order chi connectivity index (χ0) is 11.5. The van der Waals surface area contributed by atoms with Gasteiger partial charge in [-0.15, -0.1) is 0 Å². The molecule has 0 aliphatic heterocycles. The highest BCUT2D eigenvalue weighted by Gasteiger charge is 2.07. The molecule has 0 aliphatic carbocycles. The average molecular weight is 240 g/mol. The van der Waals surface area contributed by atoms with Crippen molar-refractivity contribution in [3.8, 4) is 11.3 Å². The fourth-order valence-electron chi connectivity index (χ4n) is 1.47. The Kier molecular flexibility index (Phi) is 3.22. The van der Waals surface area contributed by atoms with Crippen LogP contribution in [0.4, 0.5) is 4.39 Å². The molecule has 84 valence electrons. The van der Waals surface area contributed by atoms with E-state index in [0.717, 1.165) is 17.1 Å². The molecule has 0 atom stereocenters. The van der Waals surface area contributed by atoms with Crippen molar-refractivity contribution in [3.05, 3.63) is 41.1 Å². The third-order valence-corrected chi connectivity index (χ3v) is 2.54. The minimum Gasteiger partial charge on any atom is -0.342 e. The van der Waals surface area contributed by atoms with E-state index in [0.29, 0.717) is 18.0 Å². The first-order valence-electron chi connectivity index (χ1n) is 4.90. The second kappa shape index (κ2) is 4.63. The molecule has 2 rings (SSSR count). The van der Waals surface area contributed by atoms with Crippen LogP contribution in [0.3, 0.4) is 0 Å². The van der Waals surface area contributed by atoms with E-state index in [1.807, 2.05) is 0 Å². The van der Waals surface area contributed by atoms with Gasteiger partial charge in [0.1, 0.15) is 11.6 Å². The van der Waals surface area contributed by atoms with E-state index in [2.05, 4.69) is 9.97 Å². The van der Waals surface area contributed by atoms with Gasteiger partial charge in [0.25, 0.3) is 0 Å². The molecule has 1 aromatic heterocycles. The first-order valence-corrected chi connectivity index (χ1v) is 5.28. The third kappa shape index (κ3) is 2.23. The second-order valence-corrected chi connectivity index (χ2v) is 3.81. The monoisotopic (exact) mass is 239 g/mol. The molecule has 1 aromatic carbocycles. The van der Waals surface area contributed by atoms with Crippen molar-refractivity contribution >= 4 is 11.6 Å². The van der Waals surface area contributed by atoms with Gasteiger partial charge in [-0.1, -0.05) is 11.6 Å². The van der Waals surface area contributed by atoms with E-state index >= 15 is 0 Å². The van der Waals surface area contributed by atoms with Gasteiger partial charge >= 0.3 is 0 Å². The molecule has 0 spiro atoms. The number of rotatable bonds is 3. The Labute approximate surface area is 97.5 Å². The van der Waals surface area contributed by atoms with Crippen LogP contribution in [0.1, 0.15) is 5.82 Å². The Morgan fingerprint density at radius 2 is 2.25 bits per heavy atom. The van der Waals surface area contributed by atoms with Crippen molar-refractivity contribution in [2.45, 2.75) is 6.42 Å². The molecule has 2 aromatic rings. The lowest BCUT2D eigenvalue weighted by Crippen LogP contribution is -2.03. The Morgan fingerprint density at radius 3 is 2.94 bits per heavy atom. The summed E-state index contributed by atoms with van der Waals surface area (Å²) in [5.41, 5.74) is 6.93. The summed E-state index contributed by atoms with van der Waals surface area (Å²) in [5, 5.41) is 0.364. The Bertz CT molecular complexity index is 496. The van der Waals surface area contributed by atoms with Crippen LogP contribution in [0.25, 0.3) is 11.3 Å². The van der Waals surface area contributed by atoms with Gasteiger partial charge in [0.05, 0.1) is 16.9 Å². The number of benzene rings is 1. The standard InChI is InChI=1S/C11H11ClFN3/c12-9-5-7(13)1-2-8(9)10-6-15-11(16-10)3-4-14/h1-2,5-6H,3-4,14H2,(H,15,16). The van der Waals surface area contributed by atoms with Crippen LogP contribution in [0.15, 0.2) is 24.4 Å². The highest BCUT2D eigenvalue weighted by molar-refractivity contribution is 6.33. The van der Waals surface area contributed by atoms with Gasteiger partial charge in [0, 0.05) is 12.0 Å². The molecule has 5 heteroatoms. The highest BCUT2D eigenvalue weighted by atomic mass is 35.5. The smallest absolute Gasteiger partial charge is 0.124 e. The zero-order valence-corrected chi connectivity index (χ0v) is 9.26. The maximum absolute atomic E-state index is 12.9. The van der Waals surface area contributed by atoms with E-state index in [9.17, 15) is 4.39 Å². The quantitative estimate of drug-likeness (QED) is 0.864. The predicted molar refractivity (Wildman–Crippen MR) is 61.8 cm³/mol. The number of hydrogen-bond acceptors (Lipinski definition) is 2. The van der Waals surface area contributed by atoms with Gasteiger partial charge < -0.3 is 10.7 Å². The van der Waals surface area contributed by atoms with Crippen LogP contribution in [-0.4, -0.2) is 16.5 Å². The summed E-state index contributed by atoms with van der Waals surface area (Å²) in [6, 6.07) is 4.27. The van der Waals surface area contributed by atoms with E-state index in [1.54, 1.807) is 12.3 Å². The number of hydrogen-bond donors (Lipinski definition) is 2. The molecule has 0 aliphatic rings. The maximum atomic E-state index is 12.9. The number of nitrogens with zero attached hydrogens (tertiary/aromatic N) is 1. The van der Waals surface area contributed by atoms with Gasteiger partial charge in [0.15, 0.2) is 0 Å². The van der Waals surface area contributed by atoms with E-state index in [4.69, 9.17) is 17.3 Å². The SMILES string of the molecule is NCCc1ncc(-c2ccc(F)cc2Cl)[nH]1. The minimum absolute atomic E-state index is 0.351. The summed E-state index contributed by atoms with van der Waals surface area (Å²) in [6.45, 7) is 0.532. The molecule has 0 saturated heterocycles. The van der Waals surface area contributed by atoms with Crippen molar-refractivity contribution in [3.63, 3.8) is 0 Å². The van der Waals surface area contributed by atoms with Crippen molar-refractivity contribution < 1.29 is 4.39 Å². The predicted octanol–water partition coefficient (Wildman–Crippen LogP) is 2.37. The van der Waals surface area contributed by atoms with Crippen molar-refractivity contribution in [2.24, 2.45) is 5.73 Å². The number of aromatic amines is 1. The molecule has 3 nitrogen and oxygen atoms in total. The molecule has 16 heavy (non-hydrogen) atoms. The first-order chi connectivity index (χ1) is 7.70. The summed E-state index contributed by atoms with van der Waals surface area (Å²) in [5.74, 6) is 0.452. The Balaban J connectivity index is 2.35. The van der Waals surface area contributed by atoms with Crippen LogP contribution >= 0.6 is 11.6 Å². The first kappa shape index (κ1) is 11.1. The molecule has 0 unspecified atom stereocenters. The molecule has 0 saturated carbocycles. The van der Waals surface area contributed by atoms with Crippen LogP contribution in [0, 0.1) is 5.82 Å². The number of nitrogens with one attached hydrogen (secondary N) is 1.